The highest BCUT2D eigenvalue weighted by molar-refractivity contribution is 5.36. The minimum Gasteiger partial charge on any atom is -0.283 e. The van der Waals surface area contributed by atoms with Crippen LogP contribution < -0.4 is 0 Å². The van der Waals surface area contributed by atoms with Gasteiger partial charge in [0.2, 0.25) is 0 Å². The summed E-state index contributed by atoms with van der Waals surface area (Å²) in [7, 11) is 0. The summed E-state index contributed by atoms with van der Waals surface area (Å²) in [6.45, 7) is 6.28. The van der Waals surface area contributed by atoms with Gasteiger partial charge in [-0.05, 0) is 49.1 Å². The van der Waals surface area contributed by atoms with E-state index in [0.29, 0.717) is 5.92 Å². The van der Waals surface area contributed by atoms with Crippen molar-refractivity contribution in [3.8, 4) is 11.4 Å². The Hall–Kier alpha value is -3.28. The monoisotopic (exact) mass is 372 g/mol. The van der Waals surface area contributed by atoms with Crippen molar-refractivity contribution in [3.05, 3.63) is 83.7 Å². The van der Waals surface area contributed by atoms with E-state index in [1.807, 2.05) is 36.0 Å². The van der Waals surface area contributed by atoms with Gasteiger partial charge in [0, 0.05) is 12.1 Å². The first-order valence-electron chi connectivity index (χ1n) is 9.59. The van der Waals surface area contributed by atoms with Crippen LogP contribution in [0.5, 0.6) is 0 Å². The summed E-state index contributed by atoms with van der Waals surface area (Å²) in [6, 6.07) is 18.8. The highest BCUT2D eigenvalue weighted by Gasteiger charge is 2.12. The summed E-state index contributed by atoms with van der Waals surface area (Å²) in [6.07, 6.45) is 3.56. The smallest absolute Gasteiger partial charge is 0.137 e. The van der Waals surface area contributed by atoms with Crippen molar-refractivity contribution in [2.75, 3.05) is 0 Å². The Morgan fingerprint density at radius 1 is 0.857 bits per heavy atom. The third kappa shape index (κ3) is 3.58. The quantitative estimate of drug-likeness (QED) is 0.512. The molecule has 142 valence electrons. The van der Waals surface area contributed by atoms with E-state index >= 15 is 0 Å². The Morgan fingerprint density at radius 2 is 1.61 bits per heavy atom. The van der Waals surface area contributed by atoms with E-state index in [-0.39, 0.29) is 0 Å². The number of rotatable bonds is 6. The molecule has 0 aliphatic rings. The number of aryl methyl sites for hydroxylation is 3. The number of nitrogens with zero attached hydrogens (tertiary/aromatic N) is 6. The molecule has 2 aromatic carbocycles. The van der Waals surface area contributed by atoms with Gasteiger partial charge in [-0.15, -0.1) is 15.3 Å². The molecule has 0 radical (unpaired) electrons. The summed E-state index contributed by atoms with van der Waals surface area (Å²) in [4.78, 5) is 0. The number of benzene rings is 2. The fraction of sp³-hybridized carbons (Fsp3) is 0.273. The average Bonchev–Trinajstić information content (AvgIpc) is 3.34. The normalized spacial score (nSPS) is 11.3. The molecule has 2 aromatic heterocycles. The van der Waals surface area contributed by atoms with E-state index in [9.17, 15) is 0 Å². The standard InChI is InChI=1S/C22H24N6/c1-16(2)21-15-23-26-28(21)20-12-9-18(10-13-20)11-14-22-25-24-17(3)27(22)19-7-5-4-6-8-19/h4-10,12-13,15-16H,11,14H2,1-3H3. The van der Waals surface area contributed by atoms with Crippen molar-refractivity contribution in [1.29, 1.82) is 0 Å². The van der Waals surface area contributed by atoms with Crippen molar-refractivity contribution in [1.82, 2.24) is 29.8 Å². The lowest BCUT2D eigenvalue weighted by Gasteiger charge is -2.10. The summed E-state index contributed by atoms with van der Waals surface area (Å²) in [5.74, 6) is 2.26. The predicted octanol–water partition coefficient (Wildman–Crippen LogP) is 4.07. The molecule has 28 heavy (non-hydrogen) atoms. The summed E-state index contributed by atoms with van der Waals surface area (Å²) < 4.78 is 4.03. The van der Waals surface area contributed by atoms with Crippen LogP contribution in [0.1, 0.15) is 42.7 Å². The molecule has 0 aliphatic carbocycles. The van der Waals surface area contributed by atoms with Crippen LogP contribution in [0.2, 0.25) is 0 Å². The van der Waals surface area contributed by atoms with E-state index < -0.39 is 0 Å². The second kappa shape index (κ2) is 7.76. The molecule has 0 N–H and O–H groups in total. The Kier molecular flexibility index (Phi) is 5.02. The third-order valence-corrected chi connectivity index (χ3v) is 4.89. The van der Waals surface area contributed by atoms with E-state index in [0.717, 1.165) is 41.6 Å². The van der Waals surface area contributed by atoms with Crippen molar-refractivity contribution < 1.29 is 0 Å². The number of para-hydroxylation sites is 1. The first kappa shape index (κ1) is 18.1. The molecule has 0 aliphatic heterocycles. The molecular formula is C22H24N6. The van der Waals surface area contributed by atoms with E-state index in [2.05, 4.69) is 75.3 Å². The molecule has 2 heterocycles. The molecule has 0 saturated carbocycles. The molecule has 6 heteroatoms. The van der Waals surface area contributed by atoms with Gasteiger partial charge < -0.3 is 0 Å². The fourth-order valence-electron chi connectivity index (χ4n) is 3.38. The van der Waals surface area contributed by atoms with E-state index in [4.69, 9.17) is 0 Å². The zero-order chi connectivity index (χ0) is 19.5. The van der Waals surface area contributed by atoms with Crippen LogP contribution in [-0.2, 0) is 12.8 Å². The topological polar surface area (TPSA) is 61.4 Å². The first-order valence-corrected chi connectivity index (χ1v) is 9.59. The van der Waals surface area contributed by atoms with Gasteiger partial charge in [0.15, 0.2) is 0 Å². The molecule has 0 atom stereocenters. The van der Waals surface area contributed by atoms with Gasteiger partial charge in [-0.2, -0.15) is 0 Å². The summed E-state index contributed by atoms with van der Waals surface area (Å²) >= 11 is 0. The van der Waals surface area contributed by atoms with Crippen LogP contribution in [0.4, 0.5) is 0 Å². The van der Waals surface area contributed by atoms with Crippen molar-refractivity contribution in [2.45, 2.75) is 39.5 Å². The number of hydrogen-bond acceptors (Lipinski definition) is 4. The van der Waals surface area contributed by atoms with Gasteiger partial charge in [-0.1, -0.05) is 49.4 Å². The molecule has 4 aromatic rings. The lowest BCUT2D eigenvalue weighted by Crippen LogP contribution is -2.05. The Labute approximate surface area is 164 Å². The van der Waals surface area contributed by atoms with Crippen molar-refractivity contribution >= 4 is 0 Å². The Balaban J connectivity index is 1.50. The van der Waals surface area contributed by atoms with Crippen LogP contribution in [0.3, 0.4) is 0 Å². The van der Waals surface area contributed by atoms with Crippen LogP contribution in [0.15, 0.2) is 60.8 Å². The molecule has 0 bridgehead atoms. The molecule has 0 saturated heterocycles. The molecule has 0 unspecified atom stereocenters. The maximum atomic E-state index is 4.39. The van der Waals surface area contributed by atoms with Gasteiger partial charge in [0.25, 0.3) is 0 Å². The molecular weight excluding hydrogens is 348 g/mol. The minimum absolute atomic E-state index is 0.377. The molecule has 4 rings (SSSR count). The highest BCUT2D eigenvalue weighted by Crippen LogP contribution is 2.19. The molecule has 0 amide bonds. The minimum atomic E-state index is 0.377. The van der Waals surface area contributed by atoms with Crippen molar-refractivity contribution in [2.24, 2.45) is 0 Å². The Morgan fingerprint density at radius 3 is 2.32 bits per heavy atom. The van der Waals surface area contributed by atoms with Gasteiger partial charge >= 0.3 is 0 Å². The molecule has 6 nitrogen and oxygen atoms in total. The number of aromatic nitrogens is 6. The fourth-order valence-corrected chi connectivity index (χ4v) is 3.38. The average molecular weight is 372 g/mol. The van der Waals surface area contributed by atoms with Gasteiger partial charge in [-0.3, -0.25) is 4.57 Å². The third-order valence-electron chi connectivity index (χ3n) is 4.89. The van der Waals surface area contributed by atoms with Crippen LogP contribution in [0, 0.1) is 6.92 Å². The largest absolute Gasteiger partial charge is 0.283 e. The van der Waals surface area contributed by atoms with Crippen LogP contribution in [0.25, 0.3) is 11.4 Å². The van der Waals surface area contributed by atoms with Crippen molar-refractivity contribution in [3.63, 3.8) is 0 Å². The van der Waals surface area contributed by atoms with Gasteiger partial charge in [0.05, 0.1) is 17.6 Å². The second-order valence-electron chi connectivity index (χ2n) is 7.23. The summed E-state index contributed by atoms with van der Waals surface area (Å²) in [5.41, 5.74) is 4.51. The zero-order valence-electron chi connectivity index (χ0n) is 16.4. The van der Waals surface area contributed by atoms with Crippen LogP contribution >= 0.6 is 0 Å². The summed E-state index contributed by atoms with van der Waals surface area (Å²) in [5, 5.41) is 16.9. The Bertz CT molecular complexity index is 1040. The van der Waals surface area contributed by atoms with Crippen LogP contribution in [-0.4, -0.2) is 29.8 Å². The number of hydrogen-bond donors (Lipinski definition) is 0. The van der Waals surface area contributed by atoms with Gasteiger partial charge in [0.1, 0.15) is 11.6 Å². The van der Waals surface area contributed by atoms with E-state index in [1.165, 1.54) is 5.56 Å². The highest BCUT2D eigenvalue weighted by atomic mass is 15.4. The van der Waals surface area contributed by atoms with E-state index in [1.54, 1.807) is 0 Å². The zero-order valence-corrected chi connectivity index (χ0v) is 16.4. The molecule has 0 spiro atoms. The first-order chi connectivity index (χ1) is 13.6. The lowest BCUT2D eigenvalue weighted by atomic mass is 10.1. The molecule has 0 fully saturated rings. The maximum Gasteiger partial charge on any atom is 0.137 e. The maximum absolute atomic E-state index is 4.39. The SMILES string of the molecule is Cc1nnc(CCc2ccc(-n3nncc3C(C)C)cc2)n1-c1ccccc1. The lowest BCUT2D eigenvalue weighted by molar-refractivity contribution is 0.715. The second-order valence-corrected chi connectivity index (χ2v) is 7.23. The predicted molar refractivity (Wildman–Crippen MR) is 109 cm³/mol. The van der Waals surface area contributed by atoms with Gasteiger partial charge in [-0.25, -0.2) is 4.68 Å².